The Bertz CT molecular complexity index is 3070. The molecule has 6 aromatic carbocycles. The fraction of sp³-hybridized carbons (Fsp3) is 0.148. The molecule has 10 rings (SSSR count). The van der Waals surface area contributed by atoms with Crippen molar-refractivity contribution in [2.24, 2.45) is 0 Å². The topological polar surface area (TPSA) is 69.6 Å². The van der Waals surface area contributed by atoms with Gasteiger partial charge in [-0.1, -0.05) is 150 Å². The molecule has 0 aliphatic rings. The number of nitrogens with zero attached hydrogens (tertiary/aromatic N) is 5. The molecule has 0 atom stereocenters. The molecular weight excluding hydrogens is 927 g/mol. The van der Waals surface area contributed by atoms with Crippen LogP contribution in [0.15, 0.2) is 169 Å². The molecule has 0 spiro atoms. The number of para-hydroxylation sites is 2. The van der Waals surface area contributed by atoms with Crippen molar-refractivity contribution in [2.45, 2.75) is 52.4 Å². The molecule has 1 radical (unpaired) electrons. The average molecular weight is 972 g/mol. The maximum Gasteiger partial charge on any atom is 0.134 e. The molecule has 0 saturated carbocycles. The number of furan rings is 1. The van der Waals surface area contributed by atoms with E-state index in [-0.39, 0.29) is 30.9 Å². The third kappa shape index (κ3) is 8.58. The van der Waals surface area contributed by atoms with Gasteiger partial charge in [0.25, 0.3) is 0 Å². The third-order valence-corrected chi connectivity index (χ3v) is 10.6. The van der Waals surface area contributed by atoms with Gasteiger partial charge in [0.15, 0.2) is 0 Å². The van der Waals surface area contributed by atoms with Crippen LogP contribution in [0.1, 0.15) is 53.1 Å². The monoisotopic (exact) mass is 972 g/mol. The molecule has 61 heavy (non-hydrogen) atoms. The number of hydrogen-bond donors (Lipinski definition) is 0. The summed E-state index contributed by atoms with van der Waals surface area (Å²) in [4.78, 5) is 14.7. The van der Waals surface area contributed by atoms with Crippen LogP contribution in [-0.2, 0) is 30.9 Å². The minimum absolute atomic E-state index is 0. The number of benzene rings is 6. The van der Waals surface area contributed by atoms with E-state index in [0.717, 1.165) is 83.6 Å². The second-order valence-corrected chi connectivity index (χ2v) is 17.1. The smallest absolute Gasteiger partial charge is 0.134 e. The van der Waals surface area contributed by atoms with Crippen LogP contribution in [-0.4, -0.2) is 24.7 Å². The fourth-order valence-corrected chi connectivity index (χ4v) is 7.30. The molecule has 0 amide bonds. The molecule has 0 fully saturated rings. The minimum Gasteiger partial charge on any atom is -0.500 e. The second-order valence-electron chi connectivity index (χ2n) is 17.1. The molecule has 0 aliphatic carbocycles. The molecule has 0 bridgehead atoms. The number of hydrogen-bond acceptors (Lipinski definition) is 5. The van der Waals surface area contributed by atoms with Crippen molar-refractivity contribution in [1.29, 1.82) is 0 Å². The number of fused-ring (bicyclic) bond motifs is 4. The number of rotatable bonds is 5. The summed E-state index contributed by atoms with van der Waals surface area (Å²) in [6, 6.07) is 56.1. The van der Waals surface area contributed by atoms with Gasteiger partial charge in [0.2, 0.25) is 0 Å². The Kier molecular flexibility index (Phi) is 11.4. The van der Waals surface area contributed by atoms with E-state index in [1.165, 1.54) is 11.1 Å². The molecule has 0 unspecified atom stereocenters. The first-order valence-electron chi connectivity index (χ1n) is 20.3. The SMILES string of the molecule is CC(C)(C)c1cc(-c2cccc3c2oc2c(-c4cc5ccccc5cn4)[c-]ccc23)nc(C(C)(C)C)n1.[Ir].[c-]1ccccc1-n1cc(-c2ccc(-c3ccccc3)cc2)cn1. The summed E-state index contributed by atoms with van der Waals surface area (Å²) in [6.45, 7) is 13.0. The van der Waals surface area contributed by atoms with E-state index in [4.69, 9.17) is 19.4 Å². The summed E-state index contributed by atoms with van der Waals surface area (Å²) in [7, 11) is 0. The molecule has 10 aromatic rings. The predicted molar refractivity (Wildman–Crippen MR) is 245 cm³/mol. The predicted octanol–water partition coefficient (Wildman–Crippen LogP) is 13.7. The third-order valence-electron chi connectivity index (χ3n) is 10.6. The average Bonchev–Trinajstić information content (AvgIpc) is 3.93. The van der Waals surface area contributed by atoms with Crippen molar-refractivity contribution >= 4 is 32.7 Å². The standard InChI is InChI=1S/C33H30N3O.C21H15N2.Ir/c1-32(2,3)28-18-27(35-31(36-28)33(4,5)6)25-16-10-14-23-22-13-9-15-24(29(22)37-30(23)25)26-17-20-11-7-8-12-21(20)19-34-26;1-3-7-17(8-4-1)18-11-13-19(14-12-18)20-15-22-23(16-20)21-9-5-2-6-10-21;/h7-14,16-19H,1-6H3;1-9,11-16H;/q2*-1;. The van der Waals surface area contributed by atoms with Gasteiger partial charge < -0.3 is 9.40 Å². The summed E-state index contributed by atoms with van der Waals surface area (Å²) in [6.07, 6.45) is 5.83. The first kappa shape index (κ1) is 41.2. The zero-order valence-electron chi connectivity index (χ0n) is 35.1. The Morgan fingerprint density at radius 1 is 0.541 bits per heavy atom. The molecule has 6 nitrogen and oxygen atoms in total. The van der Waals surface area contributed by atoms with Crippen LogP contribution in [0.2, 0.25) is 0 Å². The van der Waals surface area contributed by atoms with Gasteiger partial charge in [-0.2, -0.15) is 29.4 Å². The van der Waals surface area contributed by atoms with E-state index >= 15 is 0 Å². The normalized spacial score (nSPS) is 11.6. The van der Waals surface area contributed by atoms with Crippen molar-refractivity contribution in [3.63, 3.8) is 0 Å². The van der Waals surface area contributed by atoms with Crippen molar-refractivity contribution < 1.29 is 24.5 Å². The summed E-state index contributed by atoms with van der Waals surface area (Å²) >= 11 is 0. The van der Waals surface area contributed by atoms with Crippen LogP contribution < -0.4 is 0 Å². The van der Waals surface area contributed by atoms with E-state index in [0.29, 0.717) is 0 Å². The van der Waals surface area contributed by atoms with E-state index in [9.17, 15) is 0 Å². The molecule has 0 aliphatic heterocycles. The van der Waals surface area contributed by atoms with Gasteiger partial charge in [-0.15, -0.1) is 24.3 Å². The Labute approximate surface area is 370 Å². The van der Waals surface area contributed by atoms with Crippen molar-refractivity contribution in [3.05, 3.63) is 188 Å². The zero-order valence-corrected chi connectivity index (χ0v) is 37.5. The summed E-state index contributed by atoms with van der Waals surface area (Å²) in [5, 5.41) is 8.77. The maximum absolute atomic E-state index is 6.65. The Balaban J connectivity index is 0.000000184. The largest absolute Gasteiger partial charge is 0.500 e. The summed E-state index contributed by atoms with van der Waals surface area (Å²) in [5.74, 6) is 0.831. The van der Waals surface area contributed by atoms with Crippen LogP contribution >= 0.6 is 0 Å². The Morgan fingerprint density at radius 2 is 1.23 bits per heavy atom. The van der Waals surface area contributed by atoms with E-state index in [1.54, 1.807) is 0 Å². The maximum atomic E-state index is 6.65. The van der Waals surface area contributed by atoms with Crippen LogP contribution in [0.25, 0.3) is 83.2 Å². The minimum atomic E-state index is -0.179. The van der Waals surface area contributed by atoms with Crippen molar-refractivity contribution in [1.82, 2.24) is 24.7 Å². The molecule has 4 heterocycles. The van der Waals surface area contributed by atoms with Gasteiger partial charge in [-0.3, -0.25) is 4.68 Å². The van der Waals surface area contributed by atoms with Crippen LogP contribution in [0.4, 0.5) is 0 Å². The number of aromatic nitrogens is 5. The molecule has 303 valence electrons. The quantitative estimate of drug-likeness (QED) is 0.161. The van der Waals surface area contributed by atoms with Crippen LogP contribution in [0.3, 0.4) is 0 Å². The van der Waals surface area contributed by atoms with Crippen molar-refractivity contribution in [2.75, 3.05) is 0 Å². The van der Waals surface area contributed by atoms with E-state index in [2.05, 4.69) is 156 Å². The molecule has 0 N–H and O–H groups in total. The van der Waals surface area contributed by atoms with E-state index in [1.807, 2.05) is 71.8 Å². The second kappa shape index (κ2) is 16.8. The first-order chi connectivity index (χ1) is 29.0. The Morgan fingerprint density at radius 3 is 1.95 bits per heavy atom. The van der Waals surface area contributed by atoms with Crippen molar-refractivity contribution in [3.8, 4) is 50.5 Å². The van der Waals surface area contributed by atoms with Crippen LogP contribution in [0.5, 0.6) is 0 Å². The van der Waals surface area contributed by atoms with Gasteiger partial charge in [0, 0.05) is 59.8 Å². The van der Waals surface area contributed by atoms with Crippen LogP contribution in [0, 0.1) is 12.1 Å². The van der Waals surface area contributed by atoms with E-state index < -0.39 is 0 Å². The summed E-state index contributed by atoms with van der Waals surface area (Å²) in [5.41, 5.74) is 11.5. The molecule has 0 saturated heterocycles. The molecule has 7 heteroatoms. The summed E-state index contributed by atoms with van der Waals surface area (Å²) < 4.78 is 8.50. The Hall–Kier alpha value is -6.53. The van der Waals surface area contributed by atoms with Gasteiger partial charge >= 0.3 is 0 Å². The van der Waals surface area contributed by atoms with Gasteiger partial charge in [-0.05, 0) is 51.0 Å². The zero-order chi connectivity index (χ0) is 41.4. The first-order valence-corrected chi connectivity index (χ1v) is 20.3. The van der Waals surface area contributed by atoms with Gasteiger partial charge in [0.05, 0.1) is 23.2 Å². The number of pyridine rings is 1. The molecule has 4 aromatic heterocycles. The fourth-order valence-electron chi connectivity index (χ4n) is 7.30. The van der Waals surface area contributed by atoms with Gasteiger partial charge in [-0.25, -0.2) is 9.97 Å². The van der Waals surface area contributed by atoms with Gasteiger partial charge in [0.1, 0.15) is 11.4 Å². The molecular formula is C54H45IrN5O-2.